The standard InChI is InChI=1S/C22H27NO2.C4H8O.C2H7N.C2H6/c1-17-12-14-22(15-13-17,18-8-4-3-5-9-18)16-23-21(24)19-10-6-7-11-20(19)25-2;1-2-4-5-3-1;1-3-2;1-2/h3-11,17H,12-16H2,1-2H3,(H,23,24);1-4H2;3H,1-2H3;1-2H3. The van der Waals surface area contributed by atoms with Crippen molar-refractivity contribution in [2.75, 3.05) is 41.0 Å². The average Bonchev–Trinajstić information content (AvgIpc) is 3.51. The Kier molecular flexibility index (Phi) is 15.7. The molecule has 1 aliphatic heterocycles. The first-order valence-corrected chi connectivity index (χ1v) is 13.2. The lowest BCUT2D eigenvalue weighted by Crippen LogP contribution is -2.43. The van der Waals surface area contributed by atoms with Crippen molar-refractivity contribution in [3.63, 3.8) is 0 Å². The molecule has 0 radical (unpaired) electrons. The lowest BCUT2D eigenvalue weighted by molar-refractivity contribution is 0.0930. The van der Waals surface area contributed by atoms with Crippen molar-refractivity contribution in [2.45, 2.75) is 64.7 Å². The van der Waals surface area contributed by atoms with Gasteiger partial charge in [-0.3, -0.25) is 4.79 Å². The highest BCUT2D eigenvalue weighted by atomic mass is 16.5. The Morgan fingerprint density at radius 2 is 1.51 bits per heavy atom. The predicted octanol–water partition coefficient (Wildman–Crippen LogP) is 6.23. The fourth-order valence-corrected chi connectivity index (χ4v) is 4.36. The second kappa shape index (κ2) is 18.0. The molecule has 2 aliphatic rings. The number of nitrogens with one attached hydrogen (secondary N) is 2. The second-order valence-electron chi connectivity index (χ2n) is 9.03. The van der Waals surface area contributed by atoms with Gasteiger partial charge in [0.1, 0.15) is 5.75 Å². The summed E-state index contributed by atoms with van der Waals surface area (Å²) in [6.07, 6.45) is 7.20. The van der Waals surface area contributed by atoms with E-state index >= 15 is 0 Å². The minimum Gasteiger partial charge on any atom is -0.496 e. The highest BCUT2D eigenvalue weighted by Crippen LogP contribution is 2.41. The van der Waals surface area contributed by atoms with Crippen molar-refractivity contribution in [1.29, 1.82) is 0 Å². The molecule has 2 fully saturated rings. The topological polar surface area (TPSA) is 59.6 Å². The minimum absolute atomic E-state index is 0.0332. The number of ether oxygens (including phenoxy) is 2. The van der Waals surface area contributed by atoms with Crippen LogP contribution < -0.4 is 15.4 Å². The van der Waals surface area contributed by atoms with E-state index in [2.05, 4.69) is 47.9 Å². The van der Waals surface area contributed by atoms with Crippen LogP contribution in [0.3, 0.4) is 0 Å². The summed E-state index contributed by atoms with van der Waals surface area (Å²) in [5.41, 5.74) is 1.96. The van der Waals surface area contributed by atoms with E-state index in [1.807, 2.05) is 52.2 Å². The van der Waals surface area contributed by atoms with Crippen LogP contribution in [-0.2, 0) is 10.2 Å². The molecular weight excluding hydrogens is 436 g/mol. The molecule has 1 saturated carbocycles. The molecule has 1 saturated heterocycles. The summed E-state index contributed by atoms with van der Waals surface area (Å²) in [4.78, 5) is 12.7. The zero-order chi connectivity index (χ0) is 25.9. The molecule has 0 unspecified atom stereocenters. The number of carbonyl (C=O) groups is 1. The van der Waals surface area contributed by atoms with Gasteiger partial charge in [0.15, 0.2) is 0 Å². The lowest BCUT2D eigenvalue weighted by atomic mass is 9.67. The van der Waals surface area contributed by atoms with Gasteiger partial charge in [-0.2, -0.15) is 0 Å². The number of amides is 1. The van der Waals surface area contributed by atoms with E-state index in [9.17, 15) is 4.79 Å². The monoisotopic (exact) mass is 484 g/mol. The smallest absolute Gasteiger partial charge is 0.255 e. The molecule has 2 aromatic rings. The number of hydrogen-bond acceptors (Lipinski definition) is 4. The summed E-state index contributed by atoms with van der Waals surface area (Å²) in [6.45, 7) is 8.99. The minimum atomic E-state index is -0.0635. The number of hydrogen-bond donors (Lipinski definition) is 2. The van der Waals surface area contributed by atoms with E-state index < -0.39 is 0 Å². The van der Waals surface area contributed by atoms with Gasteiger partial charge in [0.05, 0.1) is 12.7 Å². The van der Waals surface area contributed by atoms with Crippen LogP contribution in [-0.4, -0.2) is 46.9 Å². The SMILES string of the molecule is C1CCOC1.CC.CNC.COc1ccccc1C(=O)NCC1(c2ccccc2)CCC(C)CC1. The van der Waals surface area contributed by atoms with Gasteiger partial charge in [0.25, 0.3) is 5.91 Å². The van der Waals surface area contributed by atoms with Gasteiger partial charge in [-0.1, -0.05) is 63.2 Å². The molecule has 0 aromatic heterocycles. The molecule has 1 amide bonds. The van der Waals surface area contributed by atoms with Gasteiger partial charge in [0, 0.05) is 25.2 Å². The first-order valence-electron chi connectivity index (χ1n) is 13.2. The van der Waals surface area contributed by atoms with Crippen LogP contribution in [0, 0.1) is 5.92 Å². The Labute approximate surface area is 214 Å². The van der Waals surface area contributed by atoms with E-state index in [-0.39, 0.29) is 11.3 Å². The molecular formula is C30H48N2O3. The highest BCUT2D eigenvalue weighted by molar-refractivity contribution is 5.96. The third-order valence-corrected chi connectivity index (χ3v) is 6.38. The molecule has 2 aromatic carbocycles. The summed E-state index contributed by atoms with van der Waals surface area (Å²) in [7, 11) is 5.35. The maximum atomic E-state index is 12.7. The van der Waals surface area contributed by atoms with Crippen molar-refractivity contribution in [3.8, 4) is 5.75 Å². The van der Waals surface area contributed by atoms with Crippen LogP contribution in [0.2, 0.25) is 0 Å². The van der Waals surface area contributed by atoms with E-state index in [0.29, 0.717) is 17.9 Å². The zero-order valence-electron chi connectivity index (χ0n) is 22.9. The zero-order valence-corrected chi connectivity index (χ0v) is 22.9. The van der Waals surface area contributed by atoms with Crippen LogP contribution in [0.4, 0.5) is 0 Å². The van der Waals surface area contributed by atoms with Gasteiger partial charge >= 0.3 is 0 Å². The summed E-state index contributed by atoms with van der Waals surface area (Å²) >= 11 is 0. The number of carbonyl (C=O) groups excluding carboxylic acids is 1. The highest BCUT2D eigenvalue weighted by Gasteiger charge is 2.36. The molecule has 0 bridgehead atoms. The molecule has 2 N–H and O–H groups in total. The van der Waals surface area contributed by atoms with Crippen LogP contribution >= 0.6 is 0 Å². The molecule has 4 rings (SSSR count). The fraction of sp³-hybridized carbons (Fsp3) is 0.567. The molecule has 5 nitrogen and oxygen atoms in total. The third kappa shape index (κ3) is 10.4. The number of para-hydroxylation sites is 1. The Balaban J connectivity index is 0.000000518. The Bertz CT molecular complexity index is 791. The molecule has 1 heterocycles. The maximum Gasteiger partial charge on any atom is 0.255 e. The van der Waals surface area contributed by atoms with E-state index in [1.54, 1.807) is 7.11 Å². The van der Waals surface area contributed by atoms with Gasteiger partial charge in [-0.25, -0.2) is 0 Å². The Morgan fingerprint density at radius 1 is 0.971 bits per heavy atom. The van der Waals surface area contributed by atoms with Crippen LogP contribution in [0.25, 0.3) is 0 Å². The fourth-order valence-electron chi connectivity index (χ4n) is 4.36. The first kappa shape index (κ1) is 30.7. The molecule has 0 spiro atoms. The maximum absolute atomic E-state index is 12.7. The van der Waals surface area contributed by atoms with E-state index in [0.717, 1.165) is 32.0 Å². The number of rotatable bonds is 5. The van der Waals surface area contributed by atoms with Gasteiger partial charge < -0.3 is 20.1 Å². The van der Waals surface area contributed by atoms with Crippen molar-refractivity contribution in [3.05, 3.63) is 65.7 Å². The number of methoxy groups -OCH3 is 1. The summed E-state index contributed by atoms with van der Waals surface area (Å²) in [6, 6.07) is 18.0. The lowest BCUT2D eigenvalue weighted by Gasteiger charge is -2.40. The molecule has 0 atom stereocenters. The number of benzene rings is 2. The van der Waals surface area contributed by atoms with Gasteiger partial charge in [-0.05, 0) is 76.2 Å². The Hall–Kier alpha value is -2.37. The van der Waals surface area contributed by atoms with Gasteiger partial charge in [0.2, 0.25) is 0 Å². The van der Waals surface area contributed by atoms with E-state index in [4.69, 9.17) is 9.47 Å². The van der Waals surface area contributed by atoms with Crippen LogP contribution in [0.5, 0.6) is 5.75 Å². The summed E-state index contributed by atoms with van der Waals surface area (Å²) in [5, 5.41) is 5.93. The summed E-state index contributed by atoms with van der Waals surface area (Å²) < 4.78 is 10.3. The van der Waals surface area contributed by atoms with Crippen LogP contribution in [0.1, 0.15) is 75.2 Å². The largest absolute Gasteiger partial charge is 0.496 e. The normalized spacial score (nSPS) is 20.6. The van der Waals surface area contributed by atoms with Crippen molar-refractivity contribution < 1.29 is 14.3 Å². The molecule has 1 aliphatic carbocycles. The molecule has 5 heteroatoms. The van der Waals surface area contributed by atoms with E-state index in [1.165, 1.54) is 31.2 Å². The third-order valence-electron chi connectivity index (χ3n) is 6.38. The van der Waals surface area contributed by atoms with Crippen LogP contribution in [0.15, 0.2) is 54.6 Å². The molecule has 35 heavy (non-hydrogen) atoms. The average molecular weight is 485 g/mol. The Morgan fingerprint density at radius 3 is 2.03 bits per heavy atom. The quantitative estimate of drug-likeness (QED) is 0.528. The van der Waals surface area contributed by atoms with Crippen molar-refractivity contribution in [2.24, 2.45) is 5.92 Å². The van der Waals surface area contributed by atoms with Gasteiger partial charge in [-0.15, -0.1) is 0 Å². The second-order valence-corrected chi connectivity index (χ2v) is 9.03. The van der Waals surface area contributed by atoms with Crippen molar-refractivity contribution >= 4 is 5.91 Å². The molecule has 196 valence electrons. The summed E-state index contributed by atoms with van der Waals surface area (Å²) in [5.74, 6) is 1.32. The first-order chi connectivity index (χ1) is 17.1. The predicted molar refractivity (Wildman–Crippen MR) is 147 cm³/mol. The van der Waals surface area contributed by atoms with Crippen molar-refractivity contribution in [1.82, 2.24) is 10.6 Å².